The Morgan fingerprint density at radius 2 is 1.57 bits per heavy atom. The molecule has 0 aliphatic heterocycles. The lowest BCUT2D eigenvalue weighted by Crippen LogP contribution is -2.17. The molecule has 6 heteroatoms. The van der Waals surface area contributed by atoms with E-state index in [2.05, 4.69) is 34.1 Å². The quantitative estimate of drug-likeness (QED) is 0.548. The molecule has 0 unspecified atom stereocenters. The van der Waals surface area contributed by atoms with Crippen molar-refractivity contribution in [1.82, 2.24) is 4.98 Å². The summed E-state index contributed by atoms with van der Waals surface area (Å²) < 4.78 is 27.1. The molecule has 2 aromatic carbocycles. The third-order valence-electron chi connectivity index (χ3n) is 4.40. The van der Waals surface area contributed by atoms with E-state index in [4.69, 9.17) is 0 Å². The van der Waals surface area contributed by atoms with Crippen molar-refractivity contribution in [3.63, 3.8) is 0 Å². The van der Waals surface area contributed by atoms with Crippen molar-refractivity contribution < 1.29 is 8.42 Å². The summed E-state index contributed by atoms with van der Waals surface area (Å²) in [7, 11) is -3.42. The molecule has 28 heavy (non-hydrogen) atoms. The molecule has 0 bridgehead atoms. The molecular weight excluding hydrogens is 370 g/mol. The van der Waals surface area contributed by atoms with Crippen molar-refractivity contribution in [2.24, 2.45) is 0 Å². The van der Waals surface area contributed by atoms with E-state index in [1.54, 1.807) is 12.3 Å². The molecule has 5 nitrogen and oxygen atoms in total. The normalized spacial score (nSPS) is 11.2. The van der Waals surface area contributed by atoms with Gasteiger partial charge in [-0.2, -0.15) is 0 Å². The number of anilines is 3. The lowest BCUT2D eigenvalue weighted by Gasteiger charge is -2.10. The van der Waals surface area contributed by atoms with Gasteiger partial charge in [-0.3, -0.25) is 4.72 Å². The molecule has 3 aromatic rings. The molecule has 0 aliphatic rings. The number of nitrogens with zero attached hydrogens (tertiary/aromatic N) is 1. The number of nitrogens with one attached hydrogen (secondary N) is 2. The summed E-state index contributed by atoms with van der Waals surface area (Å²) in [4.78, 5) is 4.21. The van der Waals surface area contributed by atoms with E-state index in [-0.39, 0.29) is 5.75 Å². The Morgan fingerprint density at radius 3 is 2.21 bits per heavy atom. The fourth-order valence-corrected chi connectivity index (χ4v) is 3.91. The molecule has 0 spiro atoms. The molecule has 0 fully saturated rings. The van der Waals surface area contributed by atoms with Crippen LogP contribution in [-0.4, -0.2) is 19.2 Å². The average molecular weight is 396 g/mol. The average Bonchev–Trinajstić information content (AvgIpc) is 2.70. The first-order valence-corrected chi connectivity index (χ1v) is 11.1. The lowest BCUT2D eigenvalue weighted by molar-refractivity contribution is 0.598. The second-order valence-corrected chi connectivity index (χ2v) is 8.46. The topological polar surface area (TPSA) is 71.1 Å². The second kappa shape index (κ2) is 9.37. The molecule has 0 saturated carbocycles. The highest BCUT2D eigenvalue weighted by Crippen LogP contribution is 2.18. The maximum atomic E-state index is 12.3. The van der Waals surface area contributed by atoms with E-state index in [1.807, 2.05) is 48.5 Å². The van der Waals surface area contributed by atoms with E-state index < -0.39 is 10.0 Å². The van der Waals surface area contributed by atoms with Gasteiger partial charge in [-0.05, 0) is 54.7 Å². The molecular formula is C22H25N3O2S. The fraction of sp³-hybridized carbons (Fsp3) is 0.227. The molecule has 0 saturated heterocycles. The summed E-state index contributed by atoms with van der Waals surface area (Å²) in [6.07, 6.45) is 3.92. The van der Waals surface area contributed by atoms with Crippen molar-refractivity contribution in [3.8, 4) is 0 Å². The van der Waals surface area contributed by atoms with E-state index in [1.165, 1.54) is 5.56 Å². The van der Waals surface area contributed by atoms with Crippen LogP contribution in [0.25, 0.3) is 0 Å². The Bertz CT molecular complexity index is 971. The minimum absolute atomic E-state index is 0.0629. The number of hydrogen-bond acceptors (Lipinski definition) is 4. The van der Waals surface area contributed by atoms with Gasteiger partial charge in [0.1, 0.15) is 5.82 Å². The number of sulfonamides is 1. The number of rotatable bonds is 9. The van der Waals surface area contributed by atoms with Gasteiger partial charge in [0.25, 0.3) is 0 Å². The van der Waals surface area contributed by atoms with E-state index in [0.29, 0.717) is 12.2 Å². The summed E-state index contributed by atoms with van der Waals surface area (Å²) in [5, 5.41) is 3.26. The number of benzene rings is 2. The molecule has 0 atom stereocenters. The minimum atomic E-state index is -3.42. The SMILES string of the molecule is CCc1ccc(Nc2ccc(NS(=O)(=O)CCCc3ccccc3)nc2)cc1. The monoisotopic (exact) mass is 395 g/mol. The van der Waals surface area contributed by atoms with Crippen LogP contribution in [-0.2, 0) is 22.9 Å². The Kier molecular flexibility index (Phi) is 6.66. The fourth-order valence-electron chi connectivity index (χ4n) is 2.84. The van der Waals surface area contributed by atoms with Crippen molar-refractivity contribution in [2.45, 2.75) is 26.2 Å². The van der Waals surface area contributed by atoms with Crippen LogP contribution in [0.4, 0.5) is 17.2 Å². The lowest BCUT2D eigenvalue weighted by atomic mass is 10.1. The highest BCUT2D eigenvalue weighted by atomic mass is 32.2. The third kappa shape index (κ3) is 6.09. The molecule has 2 N–H and O–H groups in total. The van der Waals surface area contributed by atoms with Crippen LogP contribution in [0.1, 0.15) is 24.5 Å². The van der Waals surface area contributed by atoms with Crippen molar-refractivity contribution >= 4 is 27.2 Å². The molecule has 146 valence electrons. The summed E-state index contributed by atoms with van der Waals surface area (Å²) in [5.41, 5.74) is 4.18. The van der Waals surface area contributed by atoms with Gasteiger partial charge in [-0.1, -0.05) is 49.4 Å². The molecule has 1 heterocycles. The summed E-state index contributed by atoms with van der Waals surface area (Å²) in [5.74, 6) is 0.388. The standard InChI is InChI=1S/C22H25N3O2S/c1-2-18-10-12-20(13-11-18)24-21-14-15-22(23-17-21)25-28(26,27)16-6-9-19-7-4-3-5-8-19/h3-5,7-8,10-15,17,24H,2,6,9,16H2,1H3,(H,23,25). The van der Waals surface area contributed by atoms with Crippen molar-refractivity contribution in [1.29, 1.82) is 0 Å². The van der Waals surface area contributed by atoms with Crippen LogP contribution in [0.3, 0.4) is 0 Å². The summed E-state index contributed by atoms with van der Waals surface area (Å²) in [6, 6.07) is 21.5. The Morgan fingerprint density at radius 1 is 0.857 bits per heavy atom. The van der Waals surface area contributed by atoms with Crippen LogP contribution < -0.4 is 10.0 Å². The number of pyridine rings is 1. The molecule has 3 rings (SSSR count). The van der Waals surface area contributed by atoms with Crippen LogP contribution in [0, 0.1) is 0 Å². The van der Waals surface area contributed by atoms with E-state index in [0.717, 1.165) is 29.8 Å². The smallest absolute Gasteiger partial charge is 0.233 e. The predicted octanol–water partition coefficient (Wildman–Crippen LogP) is 4.76. The van der Waals surface area contributed by atoms with Gasteiger partial charge >= 0.3 is 0 Å². The largest absolute Gasteiger partial charge is 0.354 e. The van der Waals surface area contributed by atoms with Crippen molar-refractivity contribution in [3.05, 3.63) is 84.1 Å². The number of aromatic nitrogens is 1. The Balaban J connectivity index is 1.52. The van der Waals surface area contributed by atoms with Gasteiger partial charge in [0.15, 0.2) is 0 Å². The van der Waals surface area contributed by atoms with Crippen LogP contribution in [0.2, 0.25) is 0 Å². The predicted molar refractivity (Wildman–Crippen MR) is 116 cm³/mol. The van der Waals surface area contributed by atoms with Gasteiger partial charge in [-0.25, -0.2) is 13.4 Å². The first-order valence-electron chi connectivity index (χ1n) is 9.40. The van der Waals surface area contributed by atoms with Gasteiger partial charge < -0.3 is 5.32 Å². The highest BCUT2D eigenvalue weighted by Gasteiger charge is 2.11. The van der Waals surface area contributed by atoms with Crippen molar-refractivity contribution in [2.75, 3.05) is 15.8 Å². The molecule has 0 radical (unpaired) electrons. The van der Waals surface area contributed by atoms with Gasteiger partial charge in [0.2, 0.25) is 10.0 Å². The van der Waals surface area contributed by atoms with Gasteiger partial charge in [-0.15, -0.1) is 0 Å². The minimum Gasteiger partial charge on any atom is -0.354 e. The number of aryl methyl sites for hydroxylation is 2. The van der Waals surface area contributed by atoms with Crippen LogP contribution in [0.5, 0.6) is 0 Å². The van der Waals surface area contributed by atoms with E-state index in [9.17, 15) is 8.42 Å². The van der Waals surface area contributed by atoms with Crippen LogP contribution >= 0.6 is 0 Å². The Hall–Kier alpha value is -2.86. The Labute approximate surface area is 166 Å². The zero-order valence-corrected chi connectivity index (χ0v) is 16.7. The third-order valence-corrected chi connectivity index (χ3v) is 5.74. The maximum absolute atomic E-state index is 12.3. The molecule has 0 aliphatic carbocycles. The van der Waals surface area contributed by atoms with Gasteiger partial charge in [0, 0.05) is 5.69 Å². The first-order chi connectivity index (χ1) is 13.5. The van der Waals surface area contributed by atoms with E-state index >= 15 is 0 Å². The van der Waals surface area contributed by atoms with Gasteiger partial charge in [0.05, 0.1) is 17.6 Å². The zero-order valence-electron chi connectivity index (χ0n) is 15.9. The molecule has 0 amide bonds. The van der Waals surface area contributed by atoms with Crippen LogP contribution in [0.15, 0.2) is 72.9 Å². The zero-order chi connectivity index (χ0) is 19.8. The second-order valence-electron chi connectivity index (χ2n) is 6.62. The number of hydrogen-bond donors (Lipinski definition) is 2. The highest BCUT2D eigenvalue weighted by molar-refractivity contribution is 7.92. The summed E-state index contributed by atoms with van der Waals surface area (Å²) in [6.45, 7) is 2.12. The molecule has 1 aromatic heterocycles. The first kappa shape index (κ1) is 19.9. The maximum Gasteiger partial charge on any atom is 0.233 e. The summed E-state index contributed by atoms with van der Waals surface area (Å²) >= 11 is 0.